The molecule has 0 atom stereocenters. The number of halogens is 2. The fourth-order valence-corrected chi connectivity index (χ4v) is 2.71. The van der Waals surface area contributed by atoms with Gasteiger partial charge in [-0.05, 0) is 30.2 Å². The molecular formula is C18H16Cl2N4. The van der Waals surface area contributed by atoms with Gasteiger partial charge in [0.1, 0.15) is 5.82 Å². The van der Waals surface area contributed by atoms with Gasteiger partial charge in [-0.25, -0.2) is 4.98 Å². The summed E-state index contributed by atoms with van der Waals surface area (Å²) in [5.41, 5.74) is 1.90. The summed E-state index contributed by atoms with van der Waals surface area (Å²) in [6.07, 6.45) is 2.59. The maximum absolute atomic E-state index is 6.16. The van der Waals surface area contributed by atoms with Gasteiger partial charge in [-0.3, -0.25) is 0 Å². The Morgan fingerprint density at radius 3 is 2.38 bits per heavy atom. The molecule has 0 aliphatic heterocycles. The molecule has 122 valence electrons. The lowest BCUT2D eigenvalue weighted by Crippen LogP contribution is -2.08. The Hall–Kier alpha value is -2.30. The topological polar surface area (TPSA) is 49.8 Å². The predicted molar refractivity (Wildman–Crippen MR) is 100 cm³/mol. The summed E-state index contributed by atoms with van der Waals surface area (Å²) in [5.74, 6) is 1.18. The van der Waals surface area contributed by atoms with Crippen LogP contribution < -0.4 is 10.6 Å². The van der Waals surface area contributed by atoms with Gasteiger partial charge < -0.3 is 10.6 Å². The Balaban J connectivity index is 1.64. The number of para-hydroxylation sites is 1. The number of hydrogen-bond donors (Lipinski definition) is 2. The van der Waals surface area contributed by atoms with E-state index in [1.807, 2.05) is 18.2 Å². The number of aromatic nitrogens is 2. The van der Waals surface area contributed by atoms with E-state index in [0.29, 0.717) is 27.5 Å². The molecule has 0 unspecified atom stereocenters. The van der Waals surface area contributed by atoms with Gasteiger partial charge in [0.15, 0.2) is 0 Å². The van der Waals surface area contributed by atoms with Crippen molar-refractivity contribution in [1.29, 1.82) is 0 Å². The molecule has 0 spiro atoms. The van der Waals surface area contributed by atoms with E-state index in [-0.39, 0.29) is 0 Å². The SMILES string of the molecule is Clc1cccc(Cl)c1Nc1ccnc(NCCc2ccccc2)n1. The minimum atomic E-state index is 0.541. The number of nitrogens with one attached hydrogen (secondary N) is 2. The maximum Gasteiger partial charge on any atom is 0.224 e. The van der Waals surface area contributed by atoms with Crippen LogP contribution in [0.4, 0.5) is 17.5 Å². The molecule has 0 bridgehead atoms. The molecule has 0 aliphatic carbocycles. The van der Waals surface area contributed by atoms with Gasteiger partial charge in [0.25, 0.3) is 0 Å². The summed E-state index contributed by atoms with van der Waals surface area (Å²) in [5, 5.41) is 7.44. The van der Waals surface area contributed by atoms with Gasteiger partial charge in [0.2, 0.25) is 5.95 Å². The molecule has 0 saturated heterocycles. The number of rotatable bonds is 6. The molecule has 3 rings (SSSR count). The van der Waals surface area contributed by atoms with Gasteiger partial charge in [-0.1, -0.05) is 59.6 Å². The molecule has 24 heavy (non-hydrogen) atoms. The molecule has 1 aromatic heterocycles. The van der Waals surface area contributed by atoms with Crippen molar-refractivity contribution < 1.29 is 0 Å². The van der Waals surface area contributed by atoms with Crippen molar-refractivity contribution in [3.8, 4) is 0 Å². The third-order valence-corrected chi connectivity index (χ3v) is 4.04. The monoisotopic (exact) mass is 358 g/mol. The van der Waals surface area contributed by atoms with Crippen molar-refractivity contribution in [3.63, 3.8) is 0 Å². The number of nitrogens with zero attached hydrogens (tertiary/aromatic N) is 2. The average molecular weight is 359 g/mol. The van der Waals surface area contributed by atoms with Gasteiger partial charge in [0, 0.05) is 12.7 Å². The van der Waals surface area contributed by atoms with E-state index in [4.69, 9.17) is 23.2 Å². The summed E-state index contributed by atoms with van der Waals surface area (Å²) in [7, 11) is 0. The van der Waals surface area contributed by atoms with Crippen molar-refractivity contribution in [1.82, 2.24) is 9.97 Å². The number of benzene rings is 2. The second-order valence-electron chi connectivity index (χ2n) is 5.15. The lowest BCUT2D eigenvalue weighted by atomic mass is 10.1. The quantitative estimate of drug-likeness (QED) is 0.637. The highest BCUT2D eigenvalue weighted by Crippen LogP contribution is 2.31. The van der Waals surface area contributed by atoms with Crippen LogP contribution in [0.25, 0.3) is 0 Å². The molecule has 0 fully saturated rings. The van der Waals surface area contributed by atoms with E-state index >= 15 is 0 Å². The zero-order chi connectivity index (χ0) is 16.8. The van der Waals surface area contributed by atoms with Crippen molar-refractivity contribution >= 4 is 40.7 Å². The van der Waals surface area contributed by atoms with E-state index in [0.717, 1.165) is 13.0 Å². The van der Waals surface area contributed by atoms with Crippen LogP contribution in [0.3, 0.4) is 0 Å². The second-order valence-corrected chi connectivity index (χ2v) is 5.96. The van der Waals surface area contributed by atoms with Crippen LogP contribution in [0.1, 0.15) is 5.56 Å². The molecule has 3 aromatic rings. The number of anilines is 3. The van der Waals surface area contributed by atoms with Crippen LogP contribution in [0.2, 0.25) is 10.0 Å². The largest absolute Gasteiger partial charge is 0.354 e. The number of hydrogen-bond acceptors (Lipinski definition) is 4. The third kappa shape index (κ3) is 4.37. The summed E-state index contributed by atoms with van der Waals surface area (Å²) >= 11 is 12.3. The molecule has 0 aliphatic rings. The minimum absolute atomic E-state index is 0.541. The Bertz CT molecular complexity index is 789. The van der Waals surface area contributed by atoms with Gasteiger partial charge in [-0.2, -0.15) is 4.98 Å². The molecular weight excluding hydrogens is 343 g/mol. The zero-order valence-electron chi connectivity index (χ0n) is 12.8. The van der Waals surface area contributed by atoms with Crippen LogP contribution in [0, 0.1) is 0 Å². The molecule has 0 radical (unpaired) electrons. The Morgan fingerprint density at radius 1 is 0.875 bits per heavy atom. The van der Waals surface area contributed by atoms with Crippen LogP contribution in [0.5, 0.6) is 0 Å². The lowest BCUT2D eigenvalue weighted by Gasteiger charge is -2.11. The van der Waals surface area contributed by atoms with Gasteiger partial charge >= 0.3 is 0 Å². The fourth-order valence-electron chi connectivity index (χ4n) is 2.22. The Labute approximate surface area is 150 Å². The van der Waals surface area contributed by atoms with Crippen LogP contribution in [0.15, 0.2) is 60.8 Å². The Morgan fingerprint density at radius 2 is 1.62 bits per heavy atom. The first-order valence-electron chi connectivity index (χ1n) is 7.54. The van der Waals surface area contributed by atoms with E-state index in [9.17, 15) is 0 Å². The summed E-state index contributed by atoms with van der Waals surface area (Å²) in [6, 6.07) is 17.4. The minimum Gasteiger partial charge on any atom is -0.354 e. The normalized spacial score (nSPS) is 10.4. The van der Waals surface area contributed by atoms with E-state index in [2.05, 4.69) is 32.7 Å². The summed E-state index contributed by atoms with van der Waals surface area (Å²) in [6.45, 7) is 0.750. The molecule has 0 saturated carbocycles. The highest BCUT2D eigenvalue weighted by atomic mass is 35.5. The van der Waals surface area contributed by atoms with E-state index < -0.39 is 0 Å². The van der Waals surface area contributed by atoms with Crippen molar-refractivity contribution in [2.45, 2.75) is 6.42 Å². The smallest absolute Gasteiger partial charge is 0.224 e. The standard InChI is InChI=1S/C18H16Cl2N4/c19-14-7-4-8-15(20)17(14)23-16-10-12-22-18(24-16)21-11-9-13-5-2-1-3-6-13/h1-8,10,12H,9,11H2,(H2,21,22,23,24). The third-order valence-electron chi connectivity index (χ3n) is 3.41. The highest BCUT2D eigenvalue weighted by molar-refractivity contribution is 6.39. The highest BCUT2D eigenvalue weighted by Gasteiger charge is 2.07. The van der Waals surface area contributed by atoms with Crippen molar-refractivity contribution in [3.05, 3.63) is 76.4 Å². The first kappa shape index (κ1) is 16.6. The zero-order valence-corrected chi connectivity index (χ0v) is 14.3. The second kappa shape index (κ2) is 7.99. The first-order chi connectivity index (χ1) is 11.7. The molecule has 2 N–H and O–H groups in total. The van der Waals surface area contributed by atoms with Crippen LogP contribution in [-0.4, -0.2) is 16.5 Å². The van der Waals surface area contributed by atoms with Crippen molar-refractivity contribution in [2.75, 3.05) is 17.2 Å². The van der Waals surface area contributed by atoms with Crippen molar-refractivity contribution in [2.24, 2.45) is 0 Å². The maximum atomic E-state index is 6.16. The predicted octanol–water partition coefficient (Wildman–Crippen LogP) is 5.18. The fraction of sp³-hybridized carbons (Fsp3) is 0.111. The van der Waals surface area contributed by atoms with E-state index in [1.54, 1.807) is 30.5 Å². The Kier molecular flexibility index (Phi) is 5.51. The average Bonchev–Trinajstić information content (AvgIpc) is 2.60. The summed E-state index contributed by atoms with van der Waals surface area (Å²) in [4.78, 5) is 8.66. The van der Waals surface area contributed by atoms with Gasteiger partial charge in [0.05, 0.1) is 15.7 Å². The molecule has 6 heteroatoms. The molecule has 4 nitrogen and oxygen atoms in total. The van der Waals surface area contributed by atoms with Crippen LogP contribution >= 0.6 is 23.2 Å². The lowest BCUT2D eigenvalue weighted by molar-refractivity contribution is 0.985. The van der Waals surface area contributed by atoms with E-state index in [1.165, 1.54) is 5.56 Å². The molecule has 2 aromatic carbocycles. The molecule has 1 heterocycles. The first-order valence-corrected chi connectivity index (χ1v) is 8.30. The summed E-state index contributed by atoms with van der Waals surface area (Å²) < 4.78 is 0. The van der Waals surface area contributed by atoms with Crippen LogP contribution in [-0.2, 0) is 6.42 Å². The molecule has 0 amide bonds. The van der Waals surface area contributed by atoms with Gasteiger partial charge in [-0.15, -0.1) is 0 Å².